The number of hydrogen-bond donors (Lipinski definition) is 0. The number of ether oxygens (including phenoxy) is 1. The lowest BCUT2D eigenvalue weighted by molar-refractivity contribution is 0.0503. The fourth-order valence-corrected chi connectivity index (χ4v) is 1.39. The standard InChI is InChI=1S/C5H11NO.C4H5NS/c1-6-2-4-7-5-3-6;1-4-5-2-3-6-4/h2-5H2,1H3;2-3H,1H3. The first-order valence-electron chi connectivity index (χ1n) is 4.41. The first-order valence-corrected chi connectivity index (χ1v) is 5.29. The highest BCUT2D eigenvalue weighted by Gasteiger charge is 2.02. The van der Waals surface area contributed by atoms with Gasteiger partial charge in [-0.15, -0.1) is 11.3 Å². The summed E-state index contributed by atoms with van der Waals surface area (Å²) in [6.07, 6.45) is 1.81. The summed E-state index contributed by atoms with van der Waals surface area (Å²) >= 11 is 1.67. The Morgan fingerprint density at radius 3 is 2.38 bits per heavy atom. The Kier molecular flexibility index (Phi) is 4.97. The van der Waals surface area contributed by atoms with Crippen molar-refractivity contribution in [3.63, 3.8) is 0 Å². The van der Waals surface area contributed by atoms with Gasteiger partial charge in [-0.05, 0) is 14.0 Å². The fourth-order valence-electron chi connectivity index (χ4n) is 0.949. The molecule has 0 bridgehead atoms. The third-order valence-electron chi connectivity index (χ3n) is 1.79. The molecule has 4 heteroatoms. The Labute approximate surface area is 83.4 Å². The van der Waals surface area contributed by atoms with E-state index in [4.69, 9.17) is 4.74 Å². The van der Waals surface area contributed by atoms with Gasteiger partial charge in [0, 0.05) is 24.7 Å². The summed E-state index contributed by atoms with van der Waals surface area (Å²) in [5.41, 5.74) is 0. The van der Waals surface area contributed by atoms with Crippen molar-refractivity contribution in [2.24, 2.45) is 0 Å². The molecule has 3 nitrogen and oxygen atoms in total. The van der Waals surface area contributed by atoms with Gasteiger partial charge in [0.1, 0.15) is 0 Å². The van der Waals surface area contributed by atoms with Crippen LogP contribution in [0.4, 0.5) is 0 Å². The molecule has 1 aromatic heterocycles. The molecule has 0 spiro atoms. The number of nitrogens with zero attached hydrogens (tertiary/aromatic N) is 2. The Morgan fingerprint density at radius 2 is 2.15 bits per heavy atom. The van der Waals surface area contributed by atoms with Crippen LogP contribution in [0.1, 0.15) is 5.01 Å². The molecule has 13 heavy (non-hydrogen) atoms. The Morgan fingerprint density at radius 1 is 1.46 bits per heavy atom. The van der Waals surface area contributed by atoms with E-state index in [1.165, 1.54) is 0 Å². The predicted molar refractivity (Wildman–Crippen MR) is 55.2 cm³/mol. The summed E-state index contributed by atoms with van der Waals surface area (Å²) in [4.78, 5) is 6.20. The van der Waals surface area contributed by atoms with Gasteiger partial charge >= 0.3 is 0 Å². The smallest absolute Gasteiger partial charge is 0.0893 e. The van der Waals surface area contributed by atoms with E-state index in [0.29, 0.717) is 0 Å². The first-order chi connectivity index (χ1) is 6.29. The summed E-state index contributed by atoms with van der Waals surface area (Å²) in [5.74, 6) is 0. The van der Waals surface area contributed by atoms with Crippen LogP contribution in [-0.2, 0) is 4.74 Å². The average Bonchev–Trinajstić information content (AvgIpc) is 2.58. The summed E-state index contributed by atoms with van der Waals surface area (Å²) in [5, 5.41) is 3.10. The molecule has 0 atom stereocenters. The topological polar surface area (TPSA) is 25.4 Å². The van der Waals surface area contributed by atoms with Crippen LogP contribution < -0.4 is 0 Å². The van der Waals surface area contributed by atoms with E-state index < -0.39 is 0 Å². The first kappa shape index (κ1) is 10.6. The van der Waals surface area contributed by atoms with Crippen molar-refractivity contribution in [2.75, 3.05) is 33.4 Å². The van der Waals surface area contributed by atoms with Gasteiger partial charge in [0.25, 0.3) is 0 Å². The van der Waals surface area contributed by atoms with Crippen LogP contribution in [0.5, 0.6) is 0 Å². The lowest BCUT2D eigenvalue weighted by atomic mass is 10.5. The zero-order valence-corrected chi connectivity index (χ0v) is 9.01. The van der Waals surface area contributed by atoms with Gasteiger partial charge in [0.15, 0.2) is 0 Å². The number of likely N-dealkylation sites (N-methyl/N-ethyl adjacent to an activating group) is 1. The Bertz CT molecular complexity index is 207. The molecule has 2 rings (SSSR count). The van der Waals surface area contributed by atoms with Crippen LogP contribution in [0.15, 0.2) is 11.6 Å². The lowest BCUT2D eigenvalue weighted by Crippen LogP contribution is -2.32. The largest absolute Gasteiger partial charge is 0.379 e. The Hall–Kier alpha value is -0.450. The highest BCUT2D eigenvalue weighted by atomic mass is 32.1. The summed E-state index contributed by atoms with van der Waals surface area (Å²) in [6.45, 7) is 6.01. The molecular weight excluding hydrogens is 184 g/mol. The van der Waals surface area contributed by atoms with E-state index in [-0.39, 0.29) is 0 Å². The van der Waals surface area contributed by atoms with Gasteiger partial charge in [-0.25, -0.2) is 0 Å². The summed E-state index contributed by atoms with van der Waals surface area (Å²) in [7, 11) is 2.11. The third kappa shape index (κ3) is 4.98. The van der Waals surface area contributed by atoms with Crippen LogP contribution in [-0.4, -0.2) is 43.2 Å². The second kappa shape index (κ2) is 6.07. The molecule has 2 heterocycles. The van der Waals surface area contributed by atoms with Crippen molar-refractivity contribution in [1.29, 1.82) is 0 Å². The second-order valence-corrected chi connectivity index (χ2v) is 4.07. The molecule has 1 saturated heterocycles. The second-order valence-electron chi connectivity index (χ2n) is 2.97. The molecular formula is C9H16N2OS. The van der Waals surface area contributed by atoms with Crippen molar-refractivity contribution in [2.45, 2.75) is 6.92 Å². The van der Waals surface area contributed by atoms with E-state index in [9.17, 15) is 0 Å². The summed E-state index contributed by atoms with van der Waals surface area (Å²) in [6, 6.07) is 0. The van der Waals surface area contributed by atoms with Crippen molar-refractivity contribution in [3.8, 4) is 0 Å². The molecule has 0 radical (unpaired) electrons. The molecule has 1 aliphatic heterocycles. The van der Waals surface area contributed by atoms with Crippen LogP contribution >= 0.6 is 11.3 Å². The molecule has 0 N–H and O–H groups in total. The quantitative estimate of drug-likeness (QED) is 0.633. The molecule has 0 unspecified atom stereocenters. The number of aryl methyl sites for hydroxylation is 1. The van der Waals surface area contributed by atoms with E-state index in [1.807, 2.05) is 12.3 Å². The molecule has 74 valence electrons. The number of rotatable bonds is 0. The predicted octanol–water partition coefficient (Wildman–Crippen LogP) is 1.40. The van der Waals surface area contributed by atoms with Gasteiger partial charge in [-0.1, -0.05) is 0 Å². The number of aromatic nitrogens is 1. The van der Waals surface area contributed by atoms with E-state index in [2.05, 4.69) is 16.9 Å². The van der Waals surface area contributed by atoms with Crippen LogP contribution in [0.25, 0.3) is 0 Å². The molecule has 0 aromatic carbocycles. The van der Waals surface area contributed by atoms with Gasteiger partial charge < -0.3 is 9.64 Å². The van der Waals surface area contributed by atoms with Crippen LogP contribution in [0.3, 0.4) is 0 Å². The number of thiazole rings is 1. The maximum Gasteiger partial charge on any atom is 0.0893 e. The number of hydrogen-bond acceptors (Lipinski definition) is 4. The molecule has 0 saturated carbocycles. The normalized spacial score (nSPS) is 17.7. The van der Waals surface area contributed by atoms with E-state index in [0.717, 1.165) is 31.3 Å². The molecule has 1 aromatic rings. The van der Waals surface area contributed by atoms with Crippen molar-refractivity contribution in [3.05, 3.63) is 16.6 Å². The minimum Gasteiger partial charge on any atom is -0.379 e. The maximum absolute atomic E-state index is 5.10. The van der Waals surface area contributed by atoms with Crippen LogP contribution in [0.2, 0.25) is 0 Å². The highest BCUT2D eigenvalue weighted by Crippen LogP contribution is 1.98. The highest BCUT2D eigenvalue weighted by molar-refractivity contribution is 7.09. The minimum atomic E-state index is 0.913. The van der Waals surface area contributed by atoms with Gasteiger partial charge in [0.2, 0.25) is 0 Å². The monoisotopic (exact) mass is 200 g/mol. The number of morpholine rings is 1. The Balaban J connectivity index is 0.000000132. The SMILES string of the molecule is CN1CCOCC1.Cc1nccs1. The third-order valence-corrected chi connectivity index (χ3v) is 2.49. The zero-order chi connectivity index (χ0) is 9.52. The molecule has 1 aliphatic rings. The van der Waals surface area contributed by atoms with Gasteiger partial charge in [-0.3, -0.25) is 4.98 Å². The van der Waals surface area contributed by atoms with E-state index in [1.54, 1.807) is 17.5 Å². The molecule has 0 amide bonds. The average molecular weight is 200 g/mol. The lowest BCUT2D eigenvalue weighted by Gasteiger charge is -2.21. The maximum atomic E-state index is 5.10. The van der Waals surface area contributed by atoms with Crippen molar-refractivity contribution >= 4 is 11.3 Å². The zero-order valence-electron chi connectivity index (χ0n) is 8.19. The van der Waals surface area contributed by atoms with Crippen LogP contribution in [0, 0.1) is 6.92 Å². The molecule has 1 fully saturated rings. The summed E-state index contributed by atoms with van der Waals surface area (Å²) < 4.78 is 5.10. The van der Waals surface area contributed by atoms with Gasteiger partial charge in [-0.2, -0.15) is 0 Å². The fraction of sp³-hybridized carbons (Fsp3) is 0.667. The van der Waals surface area contributed by atoms with Crippen molar-refractivity contribution in [1.82, 2.24) is 9.88 Å². The minimum absolute atomic E-state index is 0.913. The van der Waals surface area contributed by atoms with Gasteiger partial charge in [0.05, 0.1) is 18.2 Å². The van der Waals surface area contributed by atoms with Crippen molar-refractivity contribution < 1.29 is 4.74 Å². The van der Waals surface area contributed by atoms with E-state index >= 15 is 0 Å². The molecule has 0 aliphatic carbocycles.